The quantitative estimate of drug-likeness (QED) is 0.394. The molecular formula is C14H23N2O6+. The molecule has 0 aromatic heterocycles. The van der Waals surface area contributed by atoms with Crippen LogP contribution in [0.1, 0.15) is 27.7 Å². The zero-order chi connectivity index (χ0) is 17.1. The molecule has 5 atom stereocenters. The van der Waals surface area contributed by atoms with Crippen molar-refractivity contribution in [2.45, 2.75) is 45.4 Å². The van der Waals surface area contributed by atoms with Gasteiger partial charge in [0.2, 0.25) is 5.91 Å². The molecule has 2 rings (SSSR count). The summed E-state index contributed by atoms with van der Waals surface area (Å²) in [6, 6.07) is -0.551. The van der Waals surface area contributed by atoms with E-state index in [4.69, 9.17) is 0 Å². The van der Waals surface area contributed by atoms with Crippen LogP contribution in [0.4, 0.5) is 4.79 Å². The second kappa shape index (κ2) is 4.66. The first-order valence-corrected chi connectivity index (χ1v) is 7.21. The van der Waals surface area contributed by atoms with Crippen molar-refractivity contribution >= 4 is 18.0 Å². The van der Waals surface area contributed by atoms with Gasteiger partial charge in [-0.2, -0.15) is 4.79 Å². The van der Waals surface area contributed by atoms with Crippen LogP contribution in [0.3, 0.4) is 0 Å². The molecule has 4 N–H and O–H groups in total. The number of hydrogen-bond donors (Lipinski definition) is 4. The summed E-state index contributed by atoms with van der Waals surface area (Å²) >= 11 is 0. The predicted molar refractivity (Wildman–Crippen MR) is 74.9 cm³/mol. The Hall–Kier alpha value is -1.67. The van der Waals surface area contributed by atoms with E-state index in [9.17, 15) is 29.7 Å². The number of piperidine rings is 1. The molecule has 2 fully saturated rings. The normalized spacial score (nSPS) is 41.7. The molecular weight excluding hydrogens is 292 g/mol. The molecule has 2 saturated heterocycles. The van der Waals surface area contributed by atoms with Crippen LogP contribution in [-0.4, -0.2) is 68.5 Å². The molecule has 3 unspecified atom stereocenters. The summed E-state index contributed by atoms with van der Waals surface area (Å²) in [6.45, 7) is 6.72. The first kappa shape index (κ1) is 16.7. The van der Waals surface area contributed by atoms with Gasteiger partial charge in [-0.25, -0.2) is 4.48 Å². The maximum atomic E-state index is 12.1. The lowest BCUT2D eigenvalue weighted by molar-refractivity contribution is -0.893. The fourth-order valence-corrected chi connectivity index (χ4v) is 3.60. The average Bonchev–Trinajstić information content (AvgIpc) is 2.76. The van der Waals surface area contributed by atoms with Crippen LogP contribution in [0.5, 0.6) is 0 Å². The van der Waals surface area contributed by atoms with E-state index < -0.39 is 47.0 Å². The average molecular weight is 315 g/mol. The summed E-state index contributed by atoms with van der Waals surface area (Å²) in [5, 5.41) is 32.1. The van der Waals surface area contributed by atoms with Gasteiger partial charge in [0.05, 0.1) is 24.6 Å². The molecule has 0 bridgehead atoms. The monoisotopic (exact) mass is 315 g/mol. The fourth-order valence-electron chi connectivity index (χ4n) is 3.60. The molecule has 0 saturated carbocycles. The van der Waals surface area contributed by atoms with E-state index in [0.717, 1.165) is 0 Å². The minimum Gasteiger partial charge on any atom is -0.480 e. The molecule has 124 valence electrons. The molecule has 0 aromatic rings. The standard InChI is InChI=1S/C14H22N2O6/c1-13(2,3)16(12(21)22)5-7-8(6-16)15-10(18)14(4,9(7)17)11(19)20/h7-9,17H,5-6H2,1-4H3,(H2-,15,18,19,20,21,22)/p+1/t7-,8-,9?,14?,16?/m0/s1. The number of aliphatic hydroxyl groups excluding tert-OH is 1. The molecule has 8 nitrogen and oxygen atoms in total. The number of carboxylic acid groups (broad SMARTS) is 2. The number of likely N-dealkylation sites (tertiary alicyclic amines) is 1. The largest absolute Gasteiger partial charge is 0.514 e. The van der Waals surface area contributed by atoms with Gasteiger partial charge >= 0.3 is 12.1 Å². The summed E-state index contributed by atoms with van der Waals surface area (Å²) < 4.78 is -0.324. The molecule has 2 aliphatic rings. The van der Waals surface area contributed by atoms with Crippen LogP contribution in [0, 0.1) is 11.3 Å². The van der Waals surface area contributed by atoms with E-state index >= 15 is 0 Å². The minimum atomic E-state index is -1.96. The topological polar surface area (TPSA) is 124 Å². The summed E-state index contributed by atoms with van der Waals surface area (Å²) in [7, 11) is 0. The number of nitrogens with zero attached hydrogens (tertiary/aromatic N) is 1. The second-order valence-corrected chi connectivity index (χ2v) is 7.48. The number of aliphatic carboxylic acids is 1. The van der Waals surface area contributed by atoms with Gasteiger partial charge in [-0.15, -0.1) is 0 Å². The molecule has 2 aliphatic heterocycles. The van der Waals surface area contributed by atoms with E-state index in [2.05, 4.69) is 5.32 Å². The van der Waals surface area contributed by atoms with Gasteiger partial charge in [0.1, 0.15) is 12.1 Å². The van der Waals surface area contributed by atoms with Crippen molar-refractivity contribution < 1.29 is 34.2 Å². The molecule has 22 heavy (non-hydrogen) atoms. The molecule has 0 spiro atoms. The van der Waals surface area contributed by atoms with Gasteiger partial charge < -0.3 is 20.6 Å². The summed E-state index contributed by atoms with van der Waals surface area (Å²) in [4.78, 5) is 35.4. The van der Waals surface area contributed by atoms with Crippen LogP contribution in [-0.2, 0) is 9.59 Å². The van der Waals surface area contributed by atoms with Crippen LogP contribution < -0.4 is 5.32 Å². The number of hydrogen-bond acceptors (Lipinski definition) is 4. The van der Waals surface area contributed by atoms with Gasteiger partial charge in [-0.05, 0) is 27.7 Å². The molecule has 2 heterocycles. The molecule has 0 aromatic carbocycles. The third kappa shape index (κ3) is 1.94. The third-order valence-electron chi connectivity index (χ3n) is 5.43. The van der Waals surface area contributed by atoms with Crippen molar-refractivity contribution in [2.75, 3.05) is 13.1 Å². The number of carbonyl (C=O) groups excluding carboxylic acids is 1. The first-order chi connectivity index (χ1) is 9.88. The Morgan fingerprint density at radius 1 is 1.27 bits per heavy atom. The van der Waals surface area contributed by atoms with Crippen LogP contribution in [0.25, 0.3) is 0 Å². The molecule has 2 amide bonds. The highest BCUT2D eigenvalue weighted by molar-refractivity contribution is 6.03. The van der Waals surface area contributed by atoms with Gasteiger partial charge in [0, 0.05) is 0 Å². The Balaban J connectivity index is 2.45. The summed E-state index contributed by atoms with van der Waals surface area (Å²) in [5.41, 5.74) is -2.61. The number of rotatable bonds is 1. The highest BCUT2D eigenvalue weighted by atomic mass is 16.4. The maximum absolute atomic E-state index is 12.1. The Morgan fingerprint density at radius 3 is 2.23 bits per heavy atom. The van der Waals surface area contributed by atoms with Gasteiger partial charge in [0.25, 0.3) is 0 Å². The number of aliphatic hydroxyl groups is 1. The number of fused-ring (bicyclic) bond motifs is 1. The van der Waals surface area contributed by atoms with E-state index in [1.165, 1.54) is 6.92 Å². The van der Waals surface area contributed by atoms with E-state index in [1.54, 1.807) is 20.8 Å². The highest BCUT2D eigenvalue weighted by Gasteiger charge is 2.66. The maximum Gasteiger partial charge on any atom is 0.514 e. The van der Waals surface area contributed by atoms with Crippen molar-refractivity contribution in [2.24, 2.45) is 11.3 Å². The van der Waals surface area contributed by atoms with Crippen molar-refractivity contribution in [1.82, 2.24) is 5.32 Å². The Morgan fingerprint density at radius 2 is 1.82 bits per heavy atom. The third-order valence-corrected chi connectivity index (χ3v) is 5.43. The highest BCUT2D eigenvalue weighted by Crippen LogP contribution is 2.43. The second-order valence-electron chi connectivity index (χ2n) is 7.48. The fraction of sp³-hybridized carbons (Fsp3) is 0.786. The number of carboxylic acids is 1. The molecule has 8 heteroatoms. The lowest BCUT2D eigenvalue weighted by Crippen LogP contribution is -2.64. The van der Waals surface area contributed by atoms with Gasteiger partial charge in [-0.3, -0.25) is 9.59 Å². The Bertz CT molecular complexity index is 542. The SMILES string of the molecule is CC1(C(=O)O)C(=O)N[C@H]2C[N+](C(=O)O)(C(C)(C)C)C[C@@H]2C1O. The Kier molecular flexibility index (Phi) is 3.54. The predicted octanol–water partition coefficient (Wildman–Crippen LogP) is -0.140. The zero-order valence-electron chi connectivity index (χ0n) is 13.2. The molecule has 0 radical (unpaired) electrons. The van der Waals surface area contributed by atoms with Crippen molar-refractivity contribution in [3.05, 3.63) is 0 Å². The van der Waals surface area contributed by atoms with Crippen LogP contribution in [0.15, 0.2) is 0 Å². The summed E-state index contributed by atoms with van der Waals surface area (Å²) in [6.07, 6.45) is -2.47. The van der Waals surface area contributed by atoms with Crippen LogP contribution >= 0.6 is 0 Å². The number of amides is 2. The van der Waals surface area contributed by atoms with E-state index in [-0.39, 0.29) is 17.6 Å². The van der Waals surface area contributed by atoms with Gasteiger partial charge in [0.15, 0.2) is 5.41 Å². The van der Waals surface area contributed by atoms with Crippen molar-refractivity contribution in [3.63, 3.8) is 0 Å². The van der Waals surface area contributed by atoms with Crippen molar-refractivity contribution in [3.8, 4) is 0 Å². The van der Waals surface area contributed by atoms with Crippen LogP contribution in [0.2, 0.25) is 0 Å². The van der Waals surface area contributed by atoms with E-state index in [1.807, 2.05) is 0 Å². The number of quaternary nitrogens is 1. The first-order valence-electron chi connectivity index (χ1n) is 7.21. The Labute approximate surface area is 128 Å². The zero-order valence-corrected chi connectivity index (χ0v) is 13.2. The smallest absolute Gasteiger partial charge is 0.480 e. The van der Waals surface area contributed by atoms with Gasteiger partial charge in [-0.1, -0.05) is 0 Å². The number of nitrogens with one attached hydrogen (secondary N) is 1. The lowest BCUT2D eigenvalue weighted by Gasteiger charge is -2.40. The lowest BCUT2D eigenvalue weighted by atomic mass is 9.72. The van der Waals surface area contributed by atoms with Crippen molar-refractivity contribution in [1.29, 1.82) is 0 Å². The summed E-state index contributed by atoms with van der Waals surface area (Å²) in [5.74, 6) is -2.80. The van der Waals surface area contributed by atoms with E-state index in [0.29, 0.717) is 0 Å². The minimum absolute atomic E-state index is 0.0772. The molecule has 0 aliphatic carbocycles. The number of carbonyl (C=O) groups is 3.